The molecule has 1 aromatic heterocycles. The number of nitrogens with one attached hydrogen (secondary N) is 1. The Morgan fingerprint density at radius 3 is 2.73 bits per heavy atom. The SMILES string of the molecule is C=C(CC)CC(NCC)c1ccc(Cl)o1. The van der Waals surface area contributed by atoms with Crippen molar-refractivity contribution in [3.05, 3.63) is 35.3 Å². The molecule has 1 heterocycles. The lowest BCUT2D eigenvalue weighted by Crippen LogP contribution is -2.20. The molecule has 1 atom stereocenters. The number of hydrogen-bond donors (Lipinski definition) is 1. The Morgan fingerprint density at radius 2 is 2.27 bits per heavy atom. The summed E-state index contributed by atoms with van der Waals surface area (Å²) in [5, 5.41) is 3.80. The Kier molecular flexibility index (Phi) is 4.92. The second kappa shape index (κ2) is 5.99. The minimum Gasteiger partial charge on any atom is -0.448 e. The fraction of sp³-hybridized carbons (Fsp3) is 0.500. The van der Waals surface area contributed by atoms with Crippen LogP contribution in [-0.4, -0.2) is 6.54 Å². The van der Waals surface area contributed by atoms with E-state index in [1.807, 2.05) is 6.07 Å². The molecule has 1 unspecified atom stereocenters. The van der Waals surface area contributed by atoms with Gasteiger partial charge >= 0.3 is 0 Å². The Labute approximate surface area is 96.3 Å². The predicted octanol–water partition coefficient (Wildman–Crippen LogP) is 3.94. The summed E-state index contributed by atoms with van der Waals surface area (Å²) in [5.74, 6) is 0.886. The van der Waals surface area contributed by atoms with Gasteiger partial charge in [0.15, 0.2) is 5.22 Å². The van der Waals surface area contributed by atoms with E-state index < -0.39 is 0 Å². The van der Waals surface area contributed by atoms with Crippen molar-refractivity contribution in [3.8, 4) is 0 Å². The summed E-state index contributed by atoms with van der Waals surface area (Å²) in [7, 11) is 0. The fourth-order valence-electron chi connectivity index (χ4n) is 1.47. The zero-order chi connectivity index (χ0) is 11.3. The van der Waals surface area contributed by atoms with E-state index in [1.165, 1.54) is 5.57 Å². The van der Waals surface area contributed by atoms with Crippen molar-refractivity contribution in [1.82, 2.24) is 5.32 Å². The van der Waals surface area contributed by atoms with E-state index in [1.54, 1.807) is 6.07 Å². The summed E-state index contributed by atoms with van der Waals surface area (Å²) in [6.45, 7) is 9.10. The average Bonchev–Trinajstić information content (AvgIpc) is 2.64. The van der Waals surface area contributed by atoms with Gasteiger partial charge in [-0.2, -0.15) is 0 Å². The van der Waals surface area contributed by atoms with Gasteiger partial charge in [-0.1, -0.05) is 26.0 Å². The molecule has 1 rings (SSSR count). The Morgan fingerprint density at radius 1 is 1.53 bits per heavy atom. The highest BCUT2D eigenvalue weighted by atomic mass is 35.5. The van der Waals surface area contributed by atoms with Gasteiger partial charge in [0.05, 0.1) is 6.04 Å². The van der Waals surface area contributed by atoms with E-state index in [2.05, 4.69) is 25.7 Å². The zero-order valence-corrected chi connectivity index (χ0v) is 10.1. The van der Waals surface area contributed by atoms with Crippen LogP contribution in [0.1, 0.15) is 38.5 Å². The van der Waals surface area contributed by atoms with E-state index in [9.17, 15) is 0 Å². The van der Waals surface area contributed by atoms with Crippen LogP contribution in [0.15, 0.2) is 28.7 Å². The lowest BCUT2D eigenvalue weighted by molar-refractivity contribution is 0.415. The van der Waals surface area contributed by atoms with E-state index in [-0.39, 0.29) is 6.04 Å². The third-order valence-electron chi connectivity index (χ3n) is 2.38. The molecule has 0 saturated heterocycles. The van der Waals surface area contributed by atoms with Gasteiger partial charge < -0.3 is 9.73 Å². The molecule has 0 radical (unpaired) electrons. The van der Waals surface area contributed by atoms with E-state index >= 15 is 0 Å². The van der Waals surface area contributed by atoms with E-state index in [0.29, 0.717) is 5.22 Å². The molecule has 0 saturated carbocycles. The molecule has 84 valence electrons. The van der Waals surface area contributed by atoms with Crippen LogP contribution in [0, 0.1) is 0 Å². The number of halogens is 1. The lowest BCUT2D eigenvalue weighted by atomic mass is 10.0. The van der Waals surface area contributed by atoms with Gasteiger partial charge in [0.1, 0.15) is 5.76 Å². The monoisotopic (exact) mass is 227 g/mol. The second-order valence-corrected chi connectivity index (χ2v) is 3.93. The van der Waals surface area contributed by atoms with Gasteiger partial charge in [-0.15, -0.1) is 0 Å². The molecule has 2 nitrogen and oxygen atoms in total. The smallest absolute Gasteiger partial charge is 0.193 e. The maximum Gasteiger partial charge on any atom is 0.193 e. The standard InChI is InChI=1S/C12H18ClNO/c1-4-9(3)8-10(14-5-2)11-6-7-12(13)15-11/h6-7,10,14H,3-5,8H2,1-2H3. The van der Waals surface area contributed by atoms with Crippen LogP contribution in [0.2, 0.25) is 5.22 Å². The normalized spacial score (nSPS) is 12.7. The van der Waals surface area contributed by atoms with Gasteiger partial charge in [0.2, 0.25) is 0 Å². The maximum absolute atomic E-state index is 5.76. The van der Waals surface area contributed by atoms with Gasteiger partial charge in [0, 0.05) is 0 Å². The quantitative estimate of drug-likeness (QED) is 0.745. The molecule has 0 bridgehead atoms. The van der Waals surface area contributed by atoms with Crippen molar-refractivity contribution in [3.63, 3.8) is 0 Å². The highest BCUT2D eigenvalue weighted by molar-refractivity contribution is 6.28. The first-order chi connectivity index (χ1) is 7.17. The fourth-order valence-corrected chi connectivity index (χ4v) is 1.62. The predicted molar refractivity (Wildman–Crippen MR) is 64.2 cm³/mol. The average molecular weight is 228 g/mol. The molecule has 0 aliphatic heterocycles. The van der Waals surface area contributed by atoms with Gasteiger partial charge in [-0.3, -0.25) is 0 Å². The number of hydrogen-bond acceptors (Lipinski definition) is 2. The molecule has 15 heavy (non-hydrogen) atoms. The largest absolute Gasteiger partial charge is 0.448 e. The Bertz CT molecular complexity index is 319. The summed E-state index contributed by atoms with van der Waals surface area (Å²) in [4.78, 5) is 0. The van der Waals surface area contributed by atoms with E-state index in [0.717, 1.165) is 25.1 Å². The van der Waals surface area contributed by atoms with Crippen molar-refractivity contribution in [2.75, 3.05) is 6.54 Å². The second-order valence-electron chi connectivity index (χ2n) is 3.56. The van der Waals surface area contributed by atoms with E-state index in [4.69, 9.17) is 16.0 Å². The maximum atomic E-state index is 5.76. The molecule has 0 aromatic carbocycles. The first-order valence-corrected chi connectivity index (χ1v) is 5.70. The van der Waals surface area contributed by atoms with Crippen LogP contribution in [0.5, 0.6) is 0 Å². The zero-order valence-electron chi connectivity index (χ0n) is 9.35. The first kappa shape index (κ1) is 12.3. The summed E-state index contributed by atoms with van der Waals surface area (Å²) in [6, 6.07) is 3.88. The highest BCUT2D eigenvalue weighted by Gasteiger charge is 2.14. The summed E-state index contributed by atoms with van der Waals surface area (Å²) in [5.41, 5.74) is 1.22. The van der Waals surface area contributed by atoms with Gasteiger partial charge in [-0.05, 0) is 43.1 Å². The molecule has 1 N–H and O–H groups in total. The third kappa shape index (κ3) is 3.73. The molecule has 0 amide bonds. The topological polar surface area (TPSA) is 25.2 Å². The van der Waals surface area contributed by atoms with Crippen LogP contribution in [-0.2, 0) is 0 Å². The Balaban J connectivity index is 2.69. The lowest BCUT2D eigenvalue weighted by Gasteiger charge is -2.16. The minimum atomic E-state index is 0.190. The third-order valence-corrected chi connectivity index (χ3v) is 2.58. The van der Waals surface area contributed by atoms with Crippen molar-refractivity contribution in [1.29, 1.82) is 0 Å². The van der Waals surface area contributed by atoms with Crippen LogP contribution in [0.3, 0.4) is 0 Å². The molecule has 1 aromatic rings. The molecule has 0 aliphatic carbocycles. The summed E-state index contributed by atoms with van der Waals surface area (Å²) >= 11 is 5.76. The highest BCUT2D eigenvalue weighted by Crippen LogP contribution is 2.25. The molecule has 0 aliphatic rings. The first-order valence-electron chi connectivity index (χ1n) is 5.32. The van der Waals surface area contributed by atoms with Crippen molar-refractivity contribution >= 4 is 11.6 Å². The minimum absolute atomic E-state index is 0.190. The molecule has 3 heteroatoms. The van der Waals surface area contributed by atoms with Gasteiger partial charge in [-0.25, -0.2) is 0 Å². The summed E-state index contributed by atoms with van der Waals surface area (Å²) in [6.07, 6.45) is 1.89. The Hall–Kier alpha value is -0.730. The number of furan rings is 1. The number of rotatable bonds is 6. The van der Waals surface area contributed by atoms with Crippen molar-refractivity contribution in [2.24, 2.45) is 0 Å². The summed E-state index contributed by atoms with van der Waals surface area (Å²) < 4.78 is 5.41. The van der Waals surface area contributed by atoms with Crippen LogP contribution in [0.25, 0.3) is 0 Å². The van der Waals surface area contributed by atoms with Crippen LogP contribution in [0.4, 0.5) is 0 Å². The van der Waals surface area contributed by atoms with Gasteiger partial charge in [0.25, 0.3) is 0 Å². The van der Waals surface area contributed by atoms with Crippen LogP contribution < -0.4 is 5.32 Å². The van der Waals surface area contributed by atoms with Crippen molar-refractivity contribution in [2.45, 2.75) is 32.7 Å². The molecule has 0 spiro atoms. The molecular weight excluding hydrogens is 210 g/mol. The van der Waals surface area contributed by atoms with Crippen LogP contribution >= 0.6 is 11.6 Å². The molecule has 0 fully saturated rings. The molecular formula is C12H18ClNO. The van der Waals surface area contributed by atoms with Crippen molar-refractivity contribution < 1.29 is 4.42 Å².